The number of esters is 1. The van der Waals surface area contributed by atoms with Crippen molar-refractivity contribution in [2.24, 2.45) is 11.3 Å². The van der Waals surface area contributed by atoms with Gasteiger partial charge in [0.25, 0.3) is 11.8 Å². The molecule has 52 heavy (non-hydrogen) atoms. The second-order valence-corrected chi connectivity index (χ2v) is 15.0. The summed E-state index contributed by atoms with van der Waals surface area (Å²) < 4.78 is 6.12. The van der Waals surface area contributed by atoms with Gasteiger partial charge >= 0.3 is 5.97 Å². The molecule has 11 heteroatoms. The molecule has 260 valence electrons. The van der Waals surface area contributed by atoms with Gasteiger partial charge in [0.15, 0.2) is 5.78 Å². The van der Waals surface area contributed by atoms with Crippen molar-refractivity contribution >= 4 is 46.5 Å². The lowest BCUT2D eigenvalue weighted by Crippen LogP contribution is -2.64. The van der Waals surface area contributed by atoms with Crippen LogP contribution in [0.5, 0.6) is 5.75 Å². The minimum absolute atomic E-state index is 0.0148. The molecule has 0 saturated carbocycles. The Hall–Kier alpha value is -5.65. The van der Waals surface area contributed by atoms with Crippen molar-refractivity contribution < 1.29 is 28.7 Å². The molecule has 6 heterocycles. The summed E-state index contributed by atoms with van der Waals surface area (Å²) in [5.41, 5.74) is -2.59. The van der Waals surface area contributed by atoms with Gasteiger partial charge in [-0.1, -0.05) is 72.8 Å². The molecule has 2 saturated heterocycles. The molecular weight excluding hydrogens is 658 g/mol. The average Bonchev–Trinajstić information content (AvgIpc) is 3.85. The maximum Gasteiger partial charge on any atom is 0.327 e. The molecule has 0 radical (unpaired) electrons. The Morgan fingerprint density at radius 2 is 1.31 bits per heavy atom. The van der Waals surface area contributed by atoms with Gasteiger partial charge in [-0.3, -0.25) is 33.8 Å². The molecule has 4 aromatic rings. The zero-order valence-corrected chi connectivity index (χ0v) is 29.0. The molecule has 0 aliphatic carbocycles. The summed E-state index contributed by atoms with van der Waals surface area (Å²) in [5, 5.41) is 3.05. The van der Waals surface area contributed by atoms with Gasteiger partial charge in [0, 0.05) is 66.9 Å². The van der Waals surface area contributed by atoms with Gasteiger partial charge in [-0.25, -0.2) is 0 Å². The Balaban J connectivity index is 1.27. The third-order valence-electron chi connectivity index (χ3n) is 13.2. The van der Waals surface area contributed by atoms with E-state index in [0.29, 0.717) is 39.3 Å². The molecule has 2 fully saturated rings. The molecule has 11 nitrogen and oxygen atoms in total. The number of hydrogen-bond donors (Lipinski definition) is 1. The number of likely N-dealkylation sites (tertiary alicyclic amines) is 2. The number of nitrogens with zero attached hydrogens (tertiary/aromatic N) is 4. The van der Waals surface area contributed by atoms with E-state index in [1.165, 1.54) is 0 Å². The van der Waals surface area contributed by atoms with Gasteiger partial charge in [-0.2, -0.15) is 0 Å². The highest BCUT2D eigenvalue weighted by Crippen LogP contribution is 2.70. The van der Waals surface area contributed by atoms with Gasteiger partial charge in [-0.15, -0.1) is 0 Å². The highest BCUT2D eigenvalue weighted by Gasteiger charge is 2.82. The largest absolute Gasteiger partial charge is 0.425 e. The number of hydrogen-bond acceptors (Lipinski definition) is 8. The summed E-state index contributed by atoms with van der Waals surface area (Å²) in [7, 11) is 6.95. The molecule has 6 atom stereocenters. The Kier molecular flexibility index (Phi) is 5.87. The maximum atomic E-state index is 16.3. The highest BCUT2D eigenvalue weighted by atomic mass is 16.5. The standard InChI is InChI=1S/C41H35N5O6/c1-43-21-27(39(24-14-6-9-17-28(24)42-34(39)48)41(43)26-16-8-11-19-30(26)46(4)36(41)50)33(47)38-22-44(2)40(25-15-7-10-18-29(25)45(3)35(40)49)32(38)23-13-5-12-20-31(23)52-37(38)51/h5-20,27,32H,21-22H2,1-4H3,(H,42,48)/t27-,32+,38+,39+,40-,41+/m0/s1. The number of likely N-dealkylation sites (N-methyl/N-ethyl adjacent to an activating group) is 4. The zero-order chi connectivity index (χ0) is 36.1. The third kappa shape index (κ3) is 3.01. The van der Waals surface area contributed by atoms with E-state index >= 15 is 14.4 Å². The van der Waals surface area contributed by atoms with E-state index in [-0.39, 0.29) is 30.7 Å². The average molecular weight is 694 g/mol. The van der Waals surface area contributed by atoms with E-state index in [2.05, 4.69) is 5.32 Å². The number of Topliss-reactive ketones (excluding diaryl/α,β-unsaturated/α-hetero) is 1. The fourth-order valence-electron chi connectivity index (χ4n) is 11.3. The van der Waals surface area contributed by atoms with Crippen LogP contribution in [0.1, 0.15) is 28.2 Å². The molecule has 3 spiro atoms. The third-order valence-corrected chi connectivity index (χ3v) is 13.2. The van der Waals surface area contributed by atoms with Crippen molar-refractivity contribution in [1.82, 2.24) is 9.80 Å². The second-order valence-electron chi connectivity index (χ2n) is 15.0. The van der Waals surface area contributed by atoms with Crippen molar-refractivity contribution in [3.8, 4) is 5.75 Å². The Labute approximate surface area is 299 Å². The fraction of sp³-hybridized carbons (Fsp3) is 0.293. The monoisotopic (exact) mass is 693 g/mol. The number of anilines is 3. The molecule has 1 N–H and O–H groups in total. The number of carbonyl (C=O) groups excluding carboxylic acids is 5. The quantitative estimate of drug-likeness (QED) is 0.193. The number of benzene rings is 4. The molecule has 6 aliphatic rings. The van der Waals surface area contributed by atoms with E-state index in [9.17, 15) is 9.59 Å². The van der Waals surface area contributed by atoms with Gasteiger partial charge in [0.05, 0.1) is 5.92 Å². The predicted octanol–water partition coefficient (Wildman–Crippen LogP) is 3.39. The van der Waals surface area contributed by atoms with Gasteiger partial charge < -0.3 is 19.9 Å². The van der Waals surface area contributed by atoms with E-state index in [0.717, 1.165) is 0 Å². The lowest BCUT2D eigenvalue weighted by atomic mass is 9.53. The number of para-hydroxylation sites is 4. The fourth-order valence-corrected chi connectivity index (χ4v) is 11.3. The van der Waals surface area contributed by atoms with Crippen LogP contribution in [0.25, 0.3) is 0 Å². The van der Waals surface area contributed by atoms with Crippen LogP contribution >= 0.6 is 0 Å². The van der Waals surface area contributed by atoms with Crippen molar-refractivity contribution in [3.05, 3.63) is 119 Å². The van der Waals surface area contributed by atoms with Crippen LogP contribution in [0.2, 0.25) is 0 Å². The Bertz CT molecular complexity index is 2360. The summed E-state index contributed by atoms with van der Waals surface area (Å²) >= 11 is 0. The van der Waals surface area contributed by atoms with Crippen molar-refractivity contribution in [1.29, 1.82) is 0 Å². The van der Waals surface area contributed by atoms with Crippen LogP contribution in [0.15, 0.2) is 97.1 Å². The molecule has 0 unspecified atom stereocenters. The van der Waals surface area contributed by atoms with Crippen LogP contribution in [0.3, 0.4) is 0 Å². The lowest BCUT2D eigenvalue weighted by Gasteiger charge is -2.46. The summed E-state index contributed by atoms with van der Waals surface area (Å²) in [4.78, 5) is 83.2. The van der Waals surface area contributed by atoms with Crippen molar-refractivity contribution in [3.63, 3.8) is 0 Å². The first-order chi connectivity index (χ1) is 25.0. The number of fused-ring (bicyclic) bond motifs is 11. The summed E-state index contributed by atoms with van der Waals surface area (Å²) in [6, 6.07) is 29.1. The van der Waals surface area contributed by atoms with Crippen LogP contribution in [-0.4, -0.2) is 80.6 Å². The minimum atomic E-state index is -1.94. The van der Waals surface area contributed by atoms with Crippen LogP contribution in [-0.2, 0) is 40.5 Å². The van der Waals surface area contributed by atoms with Crippen molar-refractivity contribution in [2.45, 2.75) is 22.4 Å². The second kappa shape index (κ2) is 9.81. The molecular formula is C41H35N5O6. The summed E-state index contributed by atoms with van der Waals surface area (Å²) in [6.45, 7) is -0.159. The van der Waals surface area contributed by atoms with Gasteiger partial charge in [0.1, 0.15) is 27.7 Å². The van der Waals surface area contributed by atoms with E-state index in [1.54, 1.807) is 74.4 Å². The summed E-state index contributed by atoms with van der Waals surface area (Å²) in [6.07, 6.45) is 0. The number of nitrogens with one attached hydrogen (secondary N) is 1. The van der Waals surface area contributed by atoms with Gasteiger partial charge in [-0.05, 0) is 43.9 Å². The summed E-state index contributed by atoms with van der Waals surface area (Å²) in [5.74, 6) is -4.34. The minimum Gasteiger partial charge on any atom is -0.425 e. The lowest BCUT2D eigenvalue weighted by molar-refractivity contribution is -0.158. The van der Waals surface area contributed by atoms with E-state index in [4.69, 9.17) is 4.74 Å². The zero-order valence-electron chi connectivity index (χ0n) is 29.0. The van der Waals surface area contributed by atoms with Crippen molar-refractivity contribution in [2.75, 3.05) is 56.4 Å². The van der Waals surface area contributed by atoms with E-state index in [1.807, 2.05) is 70.5 Å². The number of carbonyl (C=O) groups is 5. The predicted molar refractivity (Wildman–Crippen MR) is 191 cm³/mol. The topological polar surface area (TPSA) is 120 Å². The first-order valence-corrected chi connectivity index (χ1v) is 17.5. The Morgan fingerprint density at radius 1 is 0.712 bits per heavy atom. The van der Waals surface area contributed by atoms with E-state index < -0.39 is 51.4 Å². The first kappa shape index (κ1) is 31.1. The molecule has 0 bridgehead atoms. The molecule has 0 aromatic heterocycles. The Morgan fingerprint density at radius 3 is 2.06 bits per heavy atom. The number of amides is 3. The molecule has 4 aromatic carbocycles. The first-order valence-electron chi connectivity index (χ1n) is 17.5. The molecule has 3 amide bonds. The highest BCUT2D eigenvalue weighted by molar-refractivity contribution is 6.22. The smallest absolute Gasteiger partial charge is 0.327 e. The molecule has 6 aliphatic heterocycles. The maximum absolute atomic E-state index is 16.3. The normalized spacial score (nSPS) is 32.7. The number of ketones is 1. The van der Waals surface area contributed by atoms with Gasteiger partial charge in [0.2, 0.25) is 5.91 Å². The van der Waals surface area contributed by atoms with Crippen LogP contribution < -0.4 is 19.9 Å². The number of rotatable bonds is 2. The van der Waals surface area contributed by atoms with Crippen LogP contribution in [0, 0.1) is 11.3 Å². The van der Waals surface area contributed by atoms with Crippen LogP contribution in [0.4, 0.5) is 17.1 Å². The number of ether oxygens (including phenoxy) is 1. The SMILES string of the molecule is CN1C(=O)[C@]2(c3ccccc31)[C@@H]1c3ccccc3OC(=O)[C@]1(C(=O)[C@@H]1CN(C)[C@]3(C(=O)N(C)c4ccccc43)[C@@]13C(=O)Nc1ccccc13)CN2C. The molecule has 10 rings (SSSR count).